The molecule has 0 aliphatic heterocycles. The van der Waals surface area contributed by atoms with E-state index in [0.29, 0.717) is 28.5 Å². The third kappa shape index (κ3) is 7.00. The molecule has 5 rings (SSSR count). The molecule has 214 valence electrons. The maximum atomic E-state index is 12.9. The second-order valence-electron chi connectivity index (χ2n) is 9.48. The smallest absolute Gasteiger partial charge is 0.251 e. The normalized spacial score (nSPS) is 11.3. The zero-order chi connectivity index (χ0) is 29.5. The van der Waals surface area contributed by atoms with Crippen molar-refractivity contribution >= 4 is 27.6 Å². The van der Waals surface area contributed by atoms with Crippen LogP contribution in [-0.4, -0.2) is 50.8 Å². The highest BCUT2D eigenvalue weighted by atomic mass is 32.2. The first-order valence-corrected chi connectivity index (χ1v) is 14.6. The molecule has 3 heterocycles. The number of hydrogen-bond donors (Lipinski definition) is 3. The van der Waals surface area contributed by atoms with Crippen molar-refractivity contribution in [3.63, 3.8) is 0 Å². The van der Waals surface area contributed by atoms with E-state index in [1.54, 1.807) is 74.2 Å². The minimum Gasteiger partial charge on any atom is -0.346 e. The van der Waals surface area contributed by atoms with E-state index in [2.05, 4.69) is 40.6 Å². The Morgan fingerprint density at radius 3 is 2.64 bits per heavy atom. The number of aryl methyl sites for hydroxylation is 2. The van der Waals surface area contributed by atoms with Gasteiger partial charge in [0, 0.05) is 41.9 Å². The second kappa shape index (κ2) is 12.7. The fourth-order valence-electron chi connectivity index (χ4n) is 4.14. The monoisotopic (exact) mass is 583 g/mol. The number of pyridine rings is 1. The van der Waals surface area contributed by atoms with Crippen molar-refractivity contribution in [2.75, 3.05) is 11.9 Å². The maximum Gasteiger partial charge on any atom is 0.251 e. The minimum atomic E-state index is -3.63. The molecule has 0 aliphatic rings. The first kappa shape index (κ1) is 28.5. The third-order valence-electron chi connectivity index (χ3n) is 6.39. The SMILES string of the molecule is Cc1ccc(C(=O)NCc2cn(CCNS(=O)(=O)c3ccccc3C)nn2)cc1Nc1nccc(-c2cccnc2)n1. The molecule has 0 unspecified atom stereocenters. The molecule has 0 spiro atoms. The van der Waals surface area contributed by atoms with E-state index in [4.69, 9.17) is 0 Å². The first-order chi connectivity index (χ1) is 20.3. The maximum absolute atomic E-state index is 12.9. The van der Waals surface area contributed by atoms with E-state index in [1.807, 2.05) is 25.1 Å². The van der Waals surface area contributed by atoms with Gasteiger partial charge in [-0.2, -0.15) is 0 Å². The van der Waals surface area contributed by atoms with Crippen molar-refractivity contribution in [1.82, 2.24) is 40.0 Å². The number of amides is 1. The zero-order valence-electron chi connectivity index (χ0n) is 23.0. The van der Waals surface area contributed by atoms with Crippen LogP contribution >= 0.6 is 0 Å². The van der Waals surface area contributed by atoms with E-state index in [-0.39, 0.29) is 30.4 Å². The number of sulfonamides is 1. The van der Waals surface area contributed by atoms with Gasteiger partial charge in [-0.25, -0.2) is 23.1 Å². The Kier molecular flexibility index (Phi) is 8.60. The number of benzene rings is 2. The lowest BCUT2D eigenvalue weighted by Crippen LogP contribution is -2.28. The molecule has 3 N–H and O–H groups in total. The lowest BCUT2D eigenvalue weighted by molar-refractivity contribution is 0.0950. The van der Waals surface area contributed by atoms with Gasteiger partial charge in [-0.05, 0) is 61.4 Å². The van der Waals surface area contributed by atoms with Crippen molar-refractivity contribution in [3.05, 3.63) is 108 Å². The van der Waals surface area contributed by atoms with Gasteiger partial charge in [-0.3, -0.25) is 14.5 Å². The summed E-state index contributed by atoms with van der Waals surface area (Å²) in [5.41, 5.74) is 4.87. The molecule has 42 heavy (non-hydrogen) atoms. The van der Waals surface area contributed by atoms with E-state index in [9.17, 15) is 13.2 Å². The molecular formula is C29H29N9O3S. The molecule has 0 saturated carbocycles. The molecule has 5 aromatic rings. The highest BCUT2D eigenvalue weighted by Crippen LogP contribution is 2.22. The fourth-order valence-corrected chi connectivity index (χ4v) is 5.41. The van der Waals surface area contributed by atoms with Crippen LogP contribution in [-0.2, 0) is 23.1 Å². The molecular weight excluding hydrogens is 554 g/mol. The van der Waals surface area contributed by atoms with Crippen LogP contribution in [0.1, 0.15) is 27.2 Å². The molecule has 0 saturated heterocycles. The van der Waals surface area contributed by atoms with E-state index >= 15 is 0 Å². The topological polar surface area (TPSA) is 157 Å². The minimum absolute atomic E-state index is 0.139. The number of carbonyl (C=O) groups is 1. The van der Waals surface area contributed by atoms with E-state index < -0.39 is 10.0 Å². The summed E-state index contributed by atoms with van der Waals surface area (Å²) in [7, 11) is -3.63. The Hall–Kier alpha value is -5.01. The van der Waals surface area contributed by atoms with Crippen LogP contribution < -0.4 is 15.4 Å². The molecule has 0 fully saturated rings. The number of aromatic nitrogens is 6. The molecule has 0 atom stereocenters. The lowest BCUT2D eigenvalue weighted by Gasteiger charge is -2.11. The van der Waals surface area contributed by atoms with Crippen molar-refractivity contribution in [2.45, 2.75) is 31.8 Å². The van der Waals surface area contributed by atoms with Crippen LogP contribution in [0.15, 0.2) is 90.3 Å². The van der Waals surface area contributed by atoms with Crippen molar-refractivity contribution in [2.24, 2.45) is 0 Å². The molecule has 12 nitrogen and oxygen atoms in total. The molecule has 2 aromatic carbocycles. The molecule has 0 bridgehead atoms. The summed E-state index contributed by atoms with van der Waals surface area (Å²) in [5.74, 6) is 0.110. The standard InChI is InChI=1S/C29H29N9O3S/c1-20-9-10-22(16-26(20)35-29-31-13-11-25(34-29)23-7-5-12-30-17-23)28(39)32-18-24-19-38(37-36-24)15-14-33-42(40,41)27-8-4-3-6-21(27)2/h3-13,16-17,19,33H,14-15,18H2,1-2H3,(H,32,39)(H,31,34,35). The predicted octanol–water partition coefficient (Wildman–Crippen LogP) is 3.40. The third-order valence-corrected chi connectivity index (χ3v) is 8.01. The largest absolute Gasteiger partial charge is 0.346 e. The summed E-state index contributed by atoms with van der Waals surface area (Å²) in [6.45, 7) is 4.25. The molecule has 3 aromatic heterocycles. The predicted molar refractivity (Wildman–Crippen MR) is 157 cm³/mol. The van der Waals surface area contributed by atoms with Gasteiger partial charge < -0.3 is 10.6 Å². The van der Waals surface area contributed by atoms with Gasteiger partial charge >= 0.3 is 0 Å². The summed E-state index contributed by atoms with van der Waals surface area (Å²) in [6, 6.07) is 17.7. The van der Waals surface area contributed by atoms with Crippen LogP contribution in [0.4, 0.5) is 11.6 Å². The van der Waals surface area contributed by atoms with Crippen molar-refractivity contribution in [1.29, 1.82) is 0 Å². The first-order valence-electron chi connectivity index (χ1n) is 13.1. The number of hydrogen-bond acceptors (Lipinski definition) is 9. The number of nitrogens with one attached hydrogen (secondary N) is 3. The van der Waals surface area contributed by atoms with Crippen LogP contribution in [0.5, 0.6) is 0 Å². The number of carbonyl (C=O) groups excluding carboxylic acids is 1. The van der Waals surface area contributed by atoms with Gasteiger partial charge in [0.2, 0.25) is 16.0 Å². The van der Waals surface area contributed by atoms with Crippen LogP contribution in [0.2, 0.25) is 0 Å². The molecule has 13 heteroatoms. The van der Waals surface area contributed by atoms with Crippen molar-refractivity contribution < 1.29 is 13.2 Å². The lowest BCUT2D eigenvalue weighted by atomic mass is 10.1. The van der Waals surface area contributed by atoms with E-state index in [1.165, 1.54) is 4.68 Å². The Bertz CT molecular complexity index is 1810. The van der Waals surface area contributed by atoms with Crippen molar-refractivity contribution in [3.8, 4) is 11.3 Å². The number of anilines is 2. The Balaban J connectivity index is 1.16. The van der Waals surface area contributed by atoms with Gasteiger partial charge in [0.15, 0.2) is 0 Å². The quantitative estimate of drug-likeness (QED) is 0.212. The summed E-state index contributed by atoms with van der Waals surface area (Å²) in [4.78, 5) is 26.2. The zero-order valence-corrected chi connectivity index (χ0v) is 23.8. The highest BCUT2D eigenvalue weighted by molar-refractivity contribution is 7.89. The average Bonchev–Trinajstić information content (AvgIpc) is 3.45. The fraction of sp³-hybridized carbons (Fsp3) is 0.172. The van der Waals surface area contributed by atoms with Crippen LogP contribution in [0, 0.1) is 13.8 Å². The Morgan fingerprint density at radius 1 is 0.976 bits per heavy atom. The summed E-state index contributed by atoms with van der Waals surface area (Å²) < 4.78 is 29.2. The highest BCUT2D eigenvalue weighted by Gasteiger charge is 2.16. The van der Waals surface area contributed by atoms with Crippen LogP contribution in [0.25, 0.3) is 11.3 Å². The van der Waals surface area contributed by atoms with Gasteiger partial charge in [0.05, 0.1) is 29.9 Å². The number of nitrogens with zero attached hydrogens (tertiary/aromatic N) is 6. The summed E-state index contributed by atoms with van der Waals surface area (Å²) >= 11 is 0. The van der Waals surface area contributed by atoms with Crippen LogP contribution in [0.3, 0.4) is 0 Å². The summed E-state index contributed by atoms with van der Waals surface area (Å²) in [6.07, 6.45) is 6.76. The Morgan fingerprint density at radius 2 is 1.83 bits per heavy atom. The van der Waals surface area contributed by atoms with Gasteiger partial charge in [-0.15, -0.1) is 5.10 Å². The average molecular weight is 584 g/mol. The van der Waals surface area contributed by atoms with Gasteiger partial charge in [0.1, 0.15) is 5.69 Å². The summed E-state index contributed by atoms with van der Waals surface area (Å²) in [5, 5.41) is 14.2. The Labute approximate surface area is 243 Å². The molecule has 1 amide bonds. The van der Waals surface area contributed by atoms with Gasteiger partial charge in [-0.1, -0.05) is 29.5 Å². The molecule has 0 aliphatic carbocycles. The van der Waals surface area contributed by atoms with E-state index in [0.717, 1.165) is 16.8 Å². The van der Waals surface area contributed by atoms with Gasteiger partial charge in [0.25, 0.3) is 5.91 Å². The number of rotatable bonds is 11. The second-order valence-corrected chi connectivity index (χ2v) is 11.2. The molecule has 0 radical (unpaired) electrons.